The maximum absolute atomic E-state index is 12.7. The number of carbonyl (C=O) groups is 1. The van der Waals surface area contributed by atoms with Crippen LogP contribution in [0.2, 0.25) is 0 Å². The van der Waals surface area contributed by atoms with E-state index in [4.69, 9.17) is 30.1 Å². The molecular weight excluding hydrogens is 487 g/mol. The van der Waals surface area contributed by atoms with Crippen molar-refractivity contribution < 1.29 is 28.5 Å². The van der Waals surface area contributed by atoms with Gasteiger partial charge in [0.15, 0.2) is 12.1 Å². The lowest BCUT2D eigenvalue weighted by molar-refractivity contribution is -0.361. The lowest BCUT2D eigenvalue weighted by atomic mass is 9.99. The highest BCUT2D eigenvalue weighted by atomic mass is 127. The SMILES string of the molecule is C#CC[C@H](C=C)O[C@H]1O[C@@H]2COC(C)(C)O[C@H]2[C@H](OC(=O)c2ccccc2)[C@@H]1I. The Hall–Kier alpha value is -1.44. The van der Waals surface area contributed by atoms with Crippen molar-refractivity contribution in [2.24, 2.45) is 0 Å². The van der Waals surface area contributed by atoms with Crippen LogP contribution in [0.3, 0.4) is 0 Å². The predicted octanol–water partition coefficient (Wildman–Crippen LogP) is 3.49. The van der Waals surface area contributed by atoms with Gasteiger partial charge in [-0.25, -0.2) is 4.79 Å². The van der Waals surface area contributed by atoms with Gasteiger partial charge in [-0.2, -0.15) is 0 Å². The van der Waals surface area contributed by atoms with E-state index in [0.717, 1.165) is 0 Å². The first kappa shape index (κ1) is 22.2. The summed E-state index contributed by atoms with van der Waals surface area (Å²) in [6, 6.07) is 8.85. The molecule has 1 aromatic carbocycles. The molecule has 2 saturated heterocycles. The highest BCUT2D eigenvalue weighted by Crippen LogP contribution is 2.38. The van der Waals surface area contributed by atoms with Crippen molar-refractivity contribution in [2.75, 3.05) is 6.61 Å². The Morgan fingerprint density at radius 1 is 1.45 bits per heavy atom. The molecule has 0 aliphatic carbocycles. The number of carbonyl (C=O) groups excluding carboxylic acids is 1. The zero-order valence-corrected chi connectivity index (χ0v) is 18.6. The van der Waals surface area contributed by atoms with Gasteiger partial charge in [-0.05, 0) is 26.0 Å². The summed E-state index contributed by atoms with van der Waals surface area (Å²) in [5.41, 5.74) is 0.472. The van der Waals surface area contributed by atoms with Crippen LogP contribution in [-0.4, -0.2) is 53.0 Å². The van der Waals surface area contributed by atoms with Gasteiger partial charge in [0, 0.05) is 6.42 Å². The molecule has 0 spiro atoms. The van der Waals surface area contributed by atoms with E-state index in [1.54, 1.807) is 30.3 Å². The standard InChI is InChI=1S/C22H25IO6/c1-5-10-15(6-2)26-21-17(23)19(28-20(24)14-11-8-7-9-12-14)18-16(27-21)13-25-22(3,4)29-18/h1,6-9,11-12,15-19,21H,2,10,13H2,3-4H3/t15-,16+,17-,18+,19+,21-/m0/s1. The van der Waals surface area contributed by atoms with Crippen LogP contribution in [0.15, 0.2) is 43.0 Å². The van der Waals surface area contributed by atoms with Gasteiger partial charge in [0.2, 0.25) is 0 Å². The van der Waals surface area contributed by atoms with E-state index in [9.17, 15) is 4.79 Å². The average Bonchev–Trinajstić information content (AvgIpc) is 2.71. The van der Waals surface area contributed by atoms with Crippen LogP contribution in [0.5, 0.6) is 0 Å². The first-order valence-corrected chi connectivity index (χ1v) is 10.7. The van der Waals surface area contributed by atoms with E-state index in [2.05, 4.69) is 35.1 Å². The summed E-state index contributed by atoms with van der Waals surface area (Å²) < 4.78 is 29.5. The molecular formula is C22H25IO6. The molecule has 0 bridgehead atoms. The predicted molar refractivity (Wildman–Crippen MR) is 116 cm³/mol. The van der Waals surface area contributed by atoms with Gasteiger partial charge in [-0.3, -0.25) is 0 Å². The van der Waals surface area contributed by atoms with Crippen molar-refractivity contribution in [1.29, 1.82) is 0 Å². The Kier molecular flexibility index (Phi) is 7.35. The number of hydrogen-bond acceptors (Lipinski definition) is 6. The minimum atomic E-state index is -0.806. The Morgan fingerprint density at radius 3 is 2.83 bits per heavy atom. The van der Waals surface area contributed by atoms with Gasteiger partial charge in [-0.15, -0.1) is 18.9 Å². The average molecular weight is 512 g/mol. The van der Waals surface area contributed by atoms with Gasteiger partial charge in [0.1, 0.15) is 22.2 Å². The van der Waals surface area contributed by atoms with Crippen LogP contribution in [-0.2, 0) is 23.7 Å². The zero-order chi connectivity index (χ0) is 21.0. The molecule has 2 aliphatic heterocycles. The summed E-state index contributed by atoms with van der Waals surface area (Å²) >= 11 is 2.18. The molecule has 1 aromatic rings. The van der Waals surface area contributed by atoms with Crippen molar-refractivity contribution in [3.8, 4) is 12.3 Å². The van der Waals surface area contributed by atoms with Gasteiger partial charge >= 0.3 is 5.97 Å². The maximum atomic E-state index is 12.7. The molecule has 3 rings (SSSR count). The topological polar surface area (TPSA) is 63.2 Å². The molecule has 6 atom stereocenters. The fourth-order valence-electron chi connectivity index (χ4n) is 3.27. The molecule has 156 valence electrons. The van der Waals surface area contributed by atoms with Crippen molar-refractivity contribution in [3.05, 3.63) is 48.6 Å². The summed E-state index contributed by atoms with van der Waals surface area (Å²) in [5.74, 6) is 1.34. The second kappa shape index (κ2) is 9.58. The molecule has 7 heteroatoms. The number of rotatable bonds is 6. The molecule has 0 aromatic heterocycles. The minimum Gasteiger partial charge on any atom is -0.455 e. The molecule has 2 aliphatic rings. The minimum absolute atomic E-state index is 0.300. The van der Waals surface area contributed by atoms with Crippen LogP contribution in [0, 0.1) is 12.3 Å². The summed E-state index contributed by atoms with van der Waals surface area (Å²) in [6.45, 7) is 7.71. The number of ether oxygens (including phenoxy) is 5. The Bertz CT molecular complexity index is 758. The lowest BCUT2D eigenvalue weighted by Crippen LogP contribution is -2.64. The first-order chi connectivity index (χ1) is 13.8. The van der Waals surface area contributed by atoms with E-state index in [0.29, 0.717) is 18.6 Å². The Labute approximate surface area is 185 Å². The molecule has 6 nitrogen and oxygen atoms in total. The van der Waals surface area contributed by atoms with Crippen molar-refractivity contribution >= 4 is 28.6 Å². The largest absolute Gasteiger partial charge is 0.455 e. The lowest BCUT2D eigenvalue weighted by Gasteiger charge is -2.49. The number of terminal acetylenes is 1. The summed E-state index contributed by atoms with van der Waals surface area (Å²) in [6.07, 6.45) is 4.88. The summed E-state index contributed by atoms with van der Waals surface area (Å²) in [5, 5.41) is 0. The van der Waals surface area contributed by atoms with E-state index >= 15 is 0 Å². The van der Waals surface area contributed by atoms with Crippen LogP contribution in [0.1, 0.15) is 30.6 Å². The van der Waals surface area contributed by atoms with E-state index in [-0.39, 0.29) is 10.0 Å². The third kappa shape index (κ3) is 5.38. The molecule has 29 heavy (non-hydrogen) atoms. The molecule has 2 heterocycles. The van der Waals surface area contributed by atoms with Gasteiger partial charge in [-0.1, -0.05) is 46.9 Å². The quantitative estimate of drug-likeness (QED) is 0.191. The zero-order valence-electron chi connectivity index (χ0n) is 16.5. The smallest absolute Gasteiger partial charge is 0.338 e. The normalized spacial score (nSPS) is 31.7. The third-order valence-corrected chi connectivity index (χ3v) is 6.03. The number of hydrogen-bond donors (Lipinski definition) is 0. The Morgan fingerprint density at radius 2 is 2.17 bits per heavy atom. The Balaban J connectivity index is 1.82. The number of halogens is 1. The van der Waals surface area contributed by atoms with Crippen LogP contribution in [0.4, 0.5) is 0 Å². The highest BCUT2D eigenvalue weighted by Gasteiger charge is 2.53. The third-order valence-electron chi connectivity index (χ3n) is 4.73. The fraction of sp³-hybridized carbons (Fsp3) is 0.500. The first-order valence-electron chi connectivity index (χ1n) is 9.43. The number of esters is 1. The summed E-state index contributed by atoms with van der Waals surface area (Å²) in [7, 11) is 0. The summed E-state index contributed by atoms with van der Waals surface area (Å²) in [4.78, 5) is 12.7. The number of fused-ring (bicyclic) bond motifs is 1. The van der Waals surface area contributed by atoms with Crippen molar-refractivity contribution in [3.63, 3.8) is 0 Å². The van der Waals surface area contributed by atoms with Crippen molar-refractivity contribution in [2.45, 2.75) is 60.7 Å². The molecule has 0 amide bonds. The van der Waals surface area contributed by atoms with Crippen LogP contribution >= 0.6 is 22.6 Å². The second-order valence-corrected chi connectivity index (χ2v) is 8.77. The van der Waals surface area contributed by atoms with Crippen LogP contribution in [0.25, 0.3) is 0 Å². The molecule has 0 saturated carbocycles. The van der Waals surface area contributed by atoms with E-state index in [1.165, 1.54) is 0 Å². The second-order valence-electron chi connectivity index (χ2n) is 7.34. The highest BCUT2D eigenvalue weighted by molar-refractivity contribution is 14.1. The fourth-order valence-corrected chi connectivity index (χ4v) is 4.17. The van der Waals surface area contributed by atoms with E-state index in [1.807, 2.05) is 19.9 Å². The molecule has 0 radical (unpaired) electrons. The molecule has 2 fully saturated rings. The van der Waals surface area contributed by atoms with Crippen LogP contribution < -0.4 is 0 Å². The van der Waals surface area contributed by atoms with Gasteiger partial charge < -0.3 is 23.7 Å². The number of benzene rings is 1. The van der Waals surface area contributed by atoms with E-state index < -0.39 is 36.4 Å². The van der Waals surface area contributed by atoms with Crippen molar-refractivity contribution in [1.82, 2.24) is 0 Å². The van der Waals surface area contributed by atoms with Gasteiger partial charge in [0.25, 0.3) is 0 Å². The molecule has 0 N–H and O–H groups in total. The molecule has 0 unspecified atom stereocenters. The van der Waals surface area contributed by atoms with Gasteiger partial charge in [0.05, 0.1) is 18.3 Å². The monoisotopic (exact) mass is 512 g/mol. The maximum Gasteiger partial charge on any atom is 0.338 e. The number of alkyl halides is 1.